The van der Waals surface area contributed by atoms with Gasteiger partial charge in [0.15, 0.2) is 17.3 Å². The van der Waals surface area contributed by atoms with Gasteiger partial charge >= 0.3 is 0 Å². The number of phenolic OH excluding ortho intramolecular Hbond substituents is 2. The summed E-state index contributed by atoms with van der Waals surface area (Å²) in [7, 11) is 2.75. The lowest BCUT2D eigenvalue weighted by molar-refractivity contribution is -0.117. The maximum atomic E-state index is 13.4. The Hall–Kier alpha value is -3.51. The van der Waals surface area contributed by atoms with Crippen molar-refractivity contribution in [2.24, 2.45) is 0 Å². The number of hydrogen-bond donors (Lipinski definition) is 5. The zero-order chi connectivity index (χ0) is 23.9. The van der Waals surface area contributed by atoms with E-state index in [9.17, 15) is 30.3 Å². The van der Waals surface area contributed by atoms with Crippen molar-refractivity contribution in [3.05, 3.63) is 40.6 Å². The standard InChI is InChI=1S/C22H22O11/c1-29-10-6-12(25)16-14(7-10)31-20(9-3-4-13(30-2)11(24)5-9)21(18(16)27)33-22-19(28)17(26)15(8-23)32-22/h3-7,15,17,19,22-26,28H,8H2,1-2H3. The molecular weight excluding hydrogens is 440 g/mol. The fourth-order valence-corrected chi connectivity index (χ4v) is 3.58. The van der Waals surface area contributed by atoms with E-state index in [1.54, 1.807) is 0 Å². The summed E-state index contributed by atoms with van der Waals surface area (Å²) in [6.45, 7) is -0.593. The Kier molecular flexibility index (Phi) is 6.04. The van der Waals surface area contributed by atoms with Gasteiger partial charge in [-0.1, -0.05) is 0 Å². The zero-order valence-electron chi connectivity index (χ0n) is 17.6. The molecule has 1 aromatic heterocycles. The Bertz CT molecular complexity index is 1240. The van der Waals surface area contributed by atoms with E-state index in [2.05, 4.69) is 0 Å². The maximum absolute atomic E-state index is 13.4. The first-order valence-corrected chi connectivity index (χ1v) is 9.83. The first-order valence-electron chi connectivity index (χ1n) is 9.83. The molecule has 4 unspecified atom stereocenters. The van der Waals surface area contributed by atoms with Crippen LogP contribution in [0.2, 0.25) is 0 Å². The Balaban J connectivity index is 1.92. The fraction of sp³-hybridized carbons (Fsp3) is 0.318. The van der Waals surface area contributed by atoms with E-state index in [4.69, 9.17) is 23.4 Å². The molecule has 0 amide bonds. The molecule has 4 atom stereocenters. The van der Waals surface area contributed by atoms with E-state index in [-0.39, 0.29) is 39.5 Å². The molecule has 2 heterocycles. The average Bonchev–Trinajstić information content (AvgIpc) is 3.07. The molecule has 1 aliphatic heterocycles. The lowest BCUT2D eigenvalue weighted by Crippen LogP contribution is -2.36. The molecule has 1 fully saturated rings. The SMILES string of the molecule is COc1cc(O)c2c(=O)c(OC3OC(CO)C(O)C3O)c(-c3ccc(OC)c(O)c3)oc2c1. The Morgan fingerprint density at radius 1 is 1.00 bits per heavy atom. The molecule has 1 saturated heterocycles. The number of aliphatic hydroxyl groups is 3. The van der Waals surface area contributed by atoms with E-state index in [0.717, 1.165) is 0 Å². The number of hydrogen-bond acceptors (Lipinski definition) is 11. The topological polar surface area (TPSA) is 168 Å². The molecule has 0 spiro atoms. The summed E-state index contributed by atoms with van der Waals surface area (Å²) >= 11 is 0. The second-order valence-electron chi connectivity index (χ2n) is 7.32. The third-order valence-electron chi connectivity index (χ3n) is 5.32. The molecular formula is C22H22O11. The van der Waals surface area contributed by atoms with Crippen LogP contribution in [0.1, 0.15) is 0 Å². The van der Waals surface area contributed by atoms with Gasteiger partial charge in [-0.3, -0.25) is 4.79 Å². The highest BCUT2D eigenvalue weighted by Gasteiger charge is 2.44. The van der Waals surface area contributed by atoms with E-state index in [0.29, 0.717) is 0 Å². The zero-order valence-corrected chi connectivity index (χ0v) is 17.6. The number of methoxy groups -OCH3 is 2. The van der Waals surface area contributed by atoms with Gasteiger partial charge in [-0.05, 0) is 18.2 Å². The molecule has 0 saturated carbocycles. The third kappa shape index (κ3) is 3.91. The van der Waals surface area contributed by atoms with Crippen molar-refractivity contribution >= 4 is 11.0 Å². The Morgan fingerprint density at radius 2 is 1.76 bits per heavy atom. The number of phenols is 2. The lowest BCUT2D eigenvalue weighted by atomic mass is 10.1. The van der Waals surface area contributed by atoms with Gasteiger partial charge in [0.05, 0.1) is 20.8 Å². The number of rotatable bonds is 6. The van der Waals surface area contributed by atoms with Crippen molar-refractivity contribution in [1.29, 1.82) is 0 Å². The van der Waals surface area contributed by atoms with Gasteiger partial charge in [0, 0.05) is 17.7 Å². The van der Waals surface area contributed by atoms with Crippen molar-refractivity contribution in [3.8, 4) is 40.1 Å². The molecule has 0 aliphatic carbocycles. The molecule has 4 rings (SSSR count). The largest absolute Gasteiger partial charge is 0.507 e. The average molecular weight is 462 g/mol. The van der Waals surface area contributed by atoms with Crippen molar-refractivity contribution in [1.82, 2.24) is 0 Å². The van der Waals surface area contributed by atoms with Gasteiger partial charge in [-0.15, -0.1) is 0 Å². The van der Waals surface area contributed by atoms with Gasteiger partial charge in [-0.2, -0.15) is 0 Å². The first kappa shape index (κ1) is 22.7. The normalized spacial score (nSPS) is 22.5. The highest BCUT2D eigenvalue weighted by Crippen LogP contribution is 2.39. The van der Waals surface area contributed by atoms with Gasteiger partial charge in [0.25, 0.3) is 0 Å². The van der Waals surface area contributed by atoms with Gasteiger partial charge < -0.3 is 48.9 Å². The minimum atomic E-state index is -1.58. The lowest BCUT2D eigenvalue weighted by Gasteiger charge is -2.19. The number of aliphatic hydroxyl groups excluding tert-OH is 3. The summed E-state index contributed by atoms with van der Waals surface area (Å²) in [5, 5.41) is 50.0. The van der Waals surface area contributed by atoms with E-state index in [1.807, 2.05) is 0 Å². The number of benzene rings is 2. The molecule has 0 bridgehead atoms. The molecule has 11 nitrogen and oxygen atoms in total. The molecule has 2 aromatic carbocycles. The molecule has 11 heteroatoms. The van der Waals surface area contributed by atoms with Gasteiger partial charge in [0.1, 0.15) is 40.8 Å². The van der Waals surface area contributed by atoms with Crippen LogP contribution in [0, 0.1) is 0 Å². The van der Waals surface area contributed by atoms with Crippen molar-refractivity contribution in [3.63, 3.8) is 0 Å². The Morgan fingerprint density at radius 3 is 2.36 bits per heavy atom. The summed E-state index contributed by atoms with van der Waals surface area (Å²) in [5.74, 6) is -0.896. The van der Waals surface area contributed by atoms with Crippen LogP contribution in [0.15, 0.2) is 39.5 Å². The van der Waals surface area contributed by atoms with Crippen LogP contribution in [0.4, 0.5) is 0 Å². The molecule has 33 heavy (non-hydrogen) atoms. The van der Waals surface area contributed by atoms with E-state index >= 15 is 0 Å². The summed E-state index contributed by atoms with van der Waals surface area (Å²) in [5.41, 5.74) is -0.633. The second-order valence-corrected chi connectivity index (χ2v) is 7.32. The summed E-state index contributed by atoms with van der Waals surface area (Å²) in [4.78, 5) is 13.4. The van der Waals surface area contributed by atoms with Gasteiger partial charge in [-0.25, -0.2) is 0 Å². The predicted octanol–water partition coefficient (Wildman–Crippen LogP) is 0.706. The molecule has 176 valence electrons. The van der Waals surface area contributed by atoms with Crippen LogP contribution in [-0.2, 0) is 4.74 Å². The Labute approximate surface area is 186 Å². The maximum Gasteiger partial charge on any atom is 0.239 e. The first-order chi connectivity index (χ1) is 15.8. The molecule has 0 radical (unpaired) electrons. The van der Waals surface area contributed by atoms with Crippen LogP contribution in [0.3, 0.4) is 0 Å². The summed E-state index contributed by atoms with van der Waals surface area (Å²) in [6, 6.07) is 6.81. The van der Waals surface area contributed by atoms with Crippen molar-refractivity contribution in [2.45, 2.75) is 24.6 Å². The minimum Gasteiger partial charge on any atom is -0.507 e. The molecule has 5 N–H and O–H groups in total. The van der Waals surface area contributed by atoms with Crippen LogP contribution >= 0.6 is 0 Å². The smallest absolute Gasteiger partial charge is 0.239 e. The fourth-order valence-electron chi connectivity index (χ4n) is 3.58. The monoisotopic (exact) mass is 462 g/mol. The summed E-state index contributed by atoms with van der Waals surface area (Å²) in [6.07, 6.45) is -5.70. The van der Waals surface area contributed by atoms with Crippen molar-refractivity contribution in [2.75, 3.05) is 20.8 Å². The van der Waals surface area contributed by atoms with Crippen LogP contribution in [0.5, 0.6) is 28.7 Å². The molecule has 3 aromatic rings. The highest BCUT2D eigenvalue weighted by molar-refractivity contribution is 5.88. The number of fused-ring (bicyclic) bond motifs is 1. The summed E-state index contributed by atoms with van der Waals surface area (Å²) < 4.78 is 27.0. The molecule has 1 aliphatic rings. The second kappa shape index (κ2) is 8.79. The van der Waals surface area contributed by atoms with Crippen molar-refractivity contribution < 1.29 is 48.9 Å². The van der Waals surface area contributed by atoms with Crippen LogP contribution in [0.25, 0.3) is 22.3 Å². The third-order valence-corrected chi connectivity index (χ3v) is 5.32. The highest BCUT2D eigenvalue weighted by atomic mass is 16.7. The minimum absolute atomic E-state index is 0.0318. The van der Waals surface area contributed by atoms with E-state index in [1.165, 1.54) is 44.6 Å². The number of aromatic hydroxyl groups is 2. The predicted molar refractivity (Wildman–Crippen MR) is 113 cm³/mol. The quantitative estimate of drug-likeness (QED) is 0.350. The van der Waals surface area contributed by atoms with Crippen LogP contribution < -0.4 is 19.6 Å². The van der Waals surface area contributed by atoms with E-state index < -0.39 is 48.1 Å². The number of ether oxygens (including phenoxy) is 4. The van der Waals surface area contributed by atoms with Gasteiger partial charge in [0.2, 0.25) is 17.5 Å². The van der Waals surface area contributed by atoms with Crippen LogP contribution in [-0.4, -0.2) is 71.0 Å².